The lowest BCUT2D eigenvalue weighted by Crippen LogP contribution is -2.28. The van der Waals surface area contributed by atoms with Crippen LogP contribution in [-0.2, 0) is 13.0 Å². The van der Waals surface area contributed by atoms with Gasteiger partial charge >= 0.3 is 0 Å². The molecular weight excluding hydrogens is 292 g/mol. The van der Waals surface area contributed by atoms with Gasteiger partial charge in [0.25, 0.3) is 0 Å². The number of benzene rings is 1. The first-order chi connectivity index (χ1) is 10.8. The summed E-state index contributed by atoms with van der Waals surface area (Å²) in [4.78, 5) is 8.13. The highest BCUT2D eigenvalue weighted by atomic mass is 32.1. The summed E-state index contributed by atoms with van der Waals surface area (Å²) in [5, 5.41) is 2.04. The van der Waals surface area contributed by atoms with Crippen LogP contribution in [0.25, 0.3) is 10.8 Å². The van der Waals surface area contributed by atoms with E-state index in [0.29, 0.717) is 0 Å². The van der Waals surface area contributed by atoms with Gasteiger partial charge in [-0.15, -0.1) is 11.3 Å². The monoisotopic (exact) mass is 310 g/mol. The molecule has 3 heterocycles. The minimum Gasteiger partial charge on any atom is -0.443 e. The van der Waals surface area contributed by atoms with E-state index in [1.165, 1.54) is 29.7 Å². The lowest BCUT2D eigenvalue weighted by Gasteiger charge is -2.30. The SMILES string of the molecule is Cc1ccc2c(c1)CCCN2Cc1coc(-c2cccs2)n1. The van der Waals surface area contributed by atoms with E-state index >= 15 is 0 Å². The van der Waals surface area contributed by atoms with Crippen LogP contribution in [0.3, 0.4) is 0 Å². The molecule has 112 valence electrons. The van der Waals surface area contributed by atoms with Gasteiger partial charge in [-0.2, -0.15) is 0 Å². The van der Waals surface area contributed by atoms with E-state index in [9.17, 15) is 0 Å². The molecule has 1 aromatic carbocycles. The van der Waals surface area contributed by atoms with Gasteiger partial charge in [-0.25, -0.2) is 4.98 Å². The maximum atomic E-state index is 5.63. The van der Waals surface area contributed by atoms with Gasteiger partial charge in [0.05, 0.1) is 17.1 Å². The molecule has 1 aliphatic heterocycles. The number of hydrogen-bond donors (Lipinski definition) is 0. The molecule has 2 aromatic heterocycles. The Kier molecular flexibility index (Phi) is 3.47. The molecule has 0 saturated heterocycles. The van der Waals surface area contributed by atoms with Crippen molar-refractivity contribution in [3.63, 3.8) is 0 Å². The zero-order valence-electron chi connectivity index (χ0n) is 12.6. The molecule has 0 saturated carbocycles. The minimum atomic E-state index is 0.728. The molecule has 3 nitrogen and oxygen atoms in total. The summed E-state index contributed by atoms with van der Waals surface area (Å²) in [6.07, 6.45) is 4.16. The molecule has 0 radical (unpaired) electrons. The Labute approximate surface area is 134 Å². The molecular formula is C18H18N2OS. The number of hydrogen-bond acceptors (Lipinski definition) is 4. The average Bonchev–Trinajstić information content (AvgIpc) is 3.18. The van der Waals surface area contributed by atoms with Crippen LogP contribution in [0.2, 0.25) is 0 Å². The lowest BCUT2D eigenvalue weighted by molar-refractivity contribution is 0.573. The van der Waals surface area contributed by atoms with Gasteiger partial charge in [0.15, 0.2) is 0 Å². The molecule has 0 aliphatic carbocycles. The second-order valence-corrected chi connectivity index (χ2v) is 6.73. The molecule has 0 unspecified atom stereocenters. The lowest BCUT2D eigenvalue weighted by atomic mass is 9.99. The van der Waals surface area contributed by atoms with Crippen molar-refractivity contribution in [1.29, 1.82) is 0 Å². The normalized spacial score (nSPS) is 14.1. The molecule has 0 atom stereocenters. The van der Waals surface area contributed by atoms with Crippen molar-refractivity contribution >= 4 is 17.0 Å². The van der Waals surface area contributed by atoms with E-state index in [0.717, 1.165) is 29.6 Å². The number of thiophene rings is 1. The molecule has 0 bridgehead atoms. The highest BCUT2D eigenvalue weighted by Crippen LogP contribution is 2.30. The number of oxazole rings is 1. The topological polar surface area (TPSA) is 29.3 Å². The van der Waals surface area contributed by atoms with Crippen molar-refractivity contribution < 1.29 is 4.42 Å². The third-order valence-corrected chi connectivity index (χ3v) is 4.94. The van der Waals surface area contributed by atoms with Crippen LogP contribution in [0.1, 0.15) is 23.2 Å². The number of anilines is 1. The Hall–Kier alpha value is -2.07. The zero-order valence-corrected chi connectivity index (χ0v) is 13.4. The first-order valence-electron chi connectivity index (χ1n) is 7.62. The molecule has 0 amide bonds. The van der Waals surface area contributed by atoms with Gasteiger partial charge in [-0.05, 0) is 42.8 Å². The summed E-state index contributed by atoms with van der Waals surface area (Å²) < 4.78 is 5.63. The van der Waals surface area contributed by atoms with Crippen LogP contribution in [-0.4, -0.2) is 11.5 Å². The van der Waals surface area contributed by atoms with Gasteiger partial charge in [-0.3, -0.25) is 0 Å². The van der Waals surface area contributed by atoms with Crippen molar-refractivity contribution in [3.8, 4) is 10.8 Å². The molecule has 4 rings (SSSR count). The Morgan fingerprint density at radius 1 is 1.32 bits per heavy atom. The Morgan fingerprint density at radius 2 is 2.27 bits per heavy atom. The summed E-state index contributed by atoms with van der Waals surface area (Å²) in [6, 6.07) is 10.8. The molecule has 0 spiro atoms. The standard InChI is InChI=1S/C18H18N2OS/c1-13-6-7-16-14(10-13)4-2-8-20(16)11-15-12-21-18(19-15)17-5-3-9-22-17/h3,5-7,9-10,12H,2,4,8,11H2,1H3. The van der Waals surface area contributed by atoms with Gasteiger partial charge in [-0.1, -0.05) is 23.8 Å². The smallest absolute Gasteiger partial charge is 0.236 e. The Morgan fingerprint density at radius 3 is 3.14 bits per heavy atom. The first kappa shape index (κ1) is 13.6. The summed E-state index contributed by atoms with van der Waals surface area (Å²) >= 11 is 1.66. The van der Waals surface area contributed by atoms with Crippen LogP contribution < -0.4 is 4.90 Å². The zero-order chi connectivity index (χ0) is 14.9. The second kappa shape index (κ2) is 5.61. The predicted octanol–water partition coefficient (Wildman–Crippen LogP) is 4.66. The van der Waals surface area contributed by atoms with Crippen LogP contribution >= 0.6 is 11.3 Å². The predicted molar refractivity (Wildman–Crippen MR) is 90.4 cm³/mol. The fourth-order valence-electron chi connectivity index (χ4n) is 3.06. The fourth-order valence-corrected chi connectivity index (χ4v) is 3.71. The third-order valence-electron chi connectivity index (χ3n) is 4.09. The van der Waals surface area contributed by atoms with Crippen molar-refractivity contribution in [1.82, 2.24) is 4.98 Å². The Balaban J connectivity index is 1.58. The van der Waals surface area contributed by atoms with Crippen LogP contribution in [0.5, 0.6) is 0 Å². The average molecular weight is 310 g/mol. The highest BCUT2D eigenvalue weighted by Gasteiger charge is 2.18. The summed E-state index contributed by atoms with van der Waals surface area (Å²) in [7, 11) is 0. The number of aromatic nitrogens is 1. The van der Waals surface area contributed by atoms with E-state index in [2.05, 4.69) is 35.0 Å². The van der Waals surface area contributed by atoms with Gasteiger partial charge in [0.1, 0.15) is 6.26 Å². The van der Waals surface area contributed by atoms with E-state index in [1.54, 1.807) is 17.6 Å². The molecule has 0 fully saturated rings. The van der Waals surface area contributed by atoms with E-state index in [4.69, 9.17) is 4.42 Å². The molecule has 1 aliphatic rings. The summed E-state index contributed by atoms with van der Waals surface area (Å²) in [5.41, 5.74) is 5.13. The Bertz CT molecular complexity index is 776. The quantitative estimate of drug-likeness (QED) is 0.704. The molecule has 22 heavy (non-hydrogen) atoms. The van der Waals surface area contributed by atoms with E-state index < -0.39 is 0 Å². The summed E-state index contributed by atoms with van der Waals surface area (Å²) in [6.45, 7) is 4.05. The number of aryl methyl sites for hydroxylation is 2. The van der Waals surface area contributed by atoms with Crippen LogP contribution in [0.4, 0.5) is 5.69 Å². The van der Waals surface area contributed by atoms with E-state index in [-0.39, 0.29) is 0 Å². The number of fused-ring (bicyclic) bond motifs is 1. The minimum absolute atomic E-state index is 0.728. The third kappa shape index (κ3) is 2.55. The van der Waals surface area contributed by atoms with Crippen molar-refractivity contribution in [2.75, 3.05) is 11.4 Å². The van der Waals surface area contributed by atoms with Crippen LogP contribution in [0, 0.1) is 6.92 Å². The highest BCUT2D eigenvalue weighted by molar-refractivity contribution is 7.13. The second-order valence-electron chi connectivity index (χ2n) is 5.78. The molecule has 3 aromatic rings. The van der Waals surface area contributed by atoms with Crippen molar-refractivity contribution in [2.24, 2.45) is 0 Å². The number of nitrogens with zero attached hydrogens (tertiary/aromatic N) is 2. The van der Waals surface area contributed by atoms with Crippen molar-refractivity contribution in [2.45, 2.75) is 26.3 Å². The fraction of sp³-hybridized carbons (Fsp3) is 0.278. The first-order valence-corrected chi connectivity index (χ1v) is 8.50. The van der Waals surface area contributed by atoms with Crippen molar-refractivity contribution in [3.05, 3.63) is 58.8 Å². The number of rotatable bonds is 3. The maximum Gasteiger partial charge on any atom is 0.236 e. The maximum absolute atomic E-state index is 5.63. The van der Waals surface area contributed by atoms with Gasteiger partial charge < -0.3 is 9.32 Å². The van der Waals surface area contributed by atoms with Gasteiger partial charge in [0.2, 0.25) is 5.89 Å². The largest absolute Gasteiger partial charge is 0.443 e. The molecule has 4 heteroatoms. The van der Waals surface area contributed by atoms with E-state index in [1.807, 2.05) is 17.5 Å². The molecule has 0 N–H and O–H groups in total. The van der Waals surface area contributed by atoms with Crippen LogP contribution in [0.15, 0.2) is 46.4 Å². The van der Waals surface area contributed by atoms with Gasteiger partial charge in [0, 0.05) is 12.2 Å². The summed E-state index contributed by atoms with van der Waals surface area (Å²) in [5.74, 6) is 0.728.